The first kappa shape index (κ1) is 30.2. The standard InChI is InChI=1S/C24H34N12O6/c25-33-29-14-13-15(30-34-26)20-21(42-24(41-20)10-5-2-6-11-24)19(14)39-22(37)18(32-36-28)17(31-35-27)16-7-12-38-23(40-16)8-3-1-4-9-23/h14-16,19-22,37H,1-13H2/b18-17-/t14?,15?,16-,19-,20?,21?,22-/m1/s1. The van der Waals surface area contributed by atoms with Crippen molar-refractivity contribution in [2.75, 3.05) is 6.61 Å². The van der Waals surface area contributed by atoms with Gasteiger partial charge in [0.2, 0.25) is 0 Å². The van der Waals surface area contributed by atoms with E-state index in [4.69, 9.17) is 23.7 Å². The van der Waals surface area contributed by atoms with Gasteiger partial charge >= 0.3 is 0 Å². The van der Waals surface area contributed by atoms with E-state index < -0.39 is 54.4 Å². The number of aliphatic hydroxyl groups excluding tert-OH is 1. The maximum absolute atomic E-state index is 11.4. The van der Waals surface area contributed by atoms with Gasteiger partial charge in [-0.3, -0.25) is 0 Å². The molecule has 7 atom stereocenters. The minimum absolute atomic E-state index is 0.0709. The lowest BCUT2D eigenvalue weighted by Crippen LogP contribution is -2.55. The Morgan fingerprint density at radius 1 is 0.762 bits per heavy atom. The molecule has 1 N–H and O–H groups in total. The highest BCUT2D eigenvalue weighted by Gasteiger charge is 2.58. The van der Waals surface area contributed by atoms with Crippen molar-refractivity contribution in [2.24, 2.45) is 20.5 Å². The van der Waals surface area contributed by atoms with Gasteiger partial charge in [0.15, 0.2) is 17.9 Å². The third kappa shape index (κ3) is 6.24. The summed E-state index contributed by atoms with van der Waals surface area (Å²) in [5, 5.41) is 26.5. The molecular formula is C24H34N12O6. The molecule has 226 valence electrons. The average molecular weight is 587 g/mol. The molecule has 2 aliphatic heterocycles. The van der Waals surface area contributed by atoms with Crippen LogP contribution in [0.5, 0.6) is 0 Å². The summed E-state index contributed by atoms with van der Waals surface area (Å²) in [6.07, 6.45) is 3.16. The molecule has 42 heavy (non-hydrogen) atoms. The van der Waals surface area contributed by atoms with Crippen molar-refractivity contribution in [3.8, 4) is 0 Å². The first-order valence-electron chi connectivity index (χ1n) is 14.4. The molecule has 3 saturated carbocycles. The van der Waals surface area contributed by atoms with E-state index in [0.29, 0.717) is 32.3 Å². The molecule has 5 fully saturated rings. The first-order chi connectivity index (χ1) is 20.5. The predicted octanol–water partition coefficient (Wildman–Crippen LogP) is 6.19. The maximum Gasteiger partial charge on any atom is 0.184 e. The lowest BCUT2D eigenvalue weighted by Gasteiger charge is -2.44. The molecule has 0 radical (unpaired) electrons. The molecule has 2 heterocycles. The molecule has 4 unspecified atom stereocenters. The van der Waals surface area contributed by atoms with E-state index in [1.54, 1.807) is 0 Å². The van der Waals surface area contributed by atoms with Gasteiger partial charge in [-0.1, -0.05) is 33.3 Å². The molecule has 2 saturated heterocycles. The highest BCUT2D eigenvalue weighted by molar-refractivity contribution is 5.20. The van der Waals surface area contributed by atoms with Crippen LogP contribution < -0.4 is 0 Å². The highest BCUT2D eigenvalue weighted by Crippen LogP contribution is 2.47. The van der Waals surface area contributed by atoms with Gasteiger partial charge in [0.25, 0.3) is 0 Å². The summed E-state index contributed by atoms with van der Waals surface area (Å²) >= 11 is 0. The number of azide groups is 4. The predicted molar refractivity (Wildman–Crippen MR) is 144 cm³/mol. The summed E-state index contributed by atoms with van der Waals surface area (Å²) in [5.41, 5.74) is 36.8. The van der Waals surface area contributed by atoms with Gasteiger partial charge in [-0.15, -0.1) is 0 Å². The Labute approximate surface area is 240 Å². The summed E-state index contributed by atoms with van der Waals surface area (Å²) < 4.78 is 31.1. The van der Waals surface area contributed by atoms with Crippen molar-refractivity contribution < 1.29 is 28.8 Å². The van der Waals surface area contributed by atoms with Crippen LogP contribution in [0, 0.1) is 0 Å². The molecule has 5 aliphatic rings. The Bertz CT molecular complexity index is 1220. The van der Waals surface area contributed by atoms with Crippen molar-refractivity contribution in [3.05, 3.63) is 53.2 Å². The largest absolute Gasteiger partial charge is 0.364 e. The van der Waals surface area contributed by atoms with Gasteiger partial charge < -0.3 is 28.8 Å². The van der Waals surface area contributed by atoms with E-state index >= 15 is 0 Å². The van der Waals surface area contributed by atoms with Crippen molar-refractivity contribution in [2.45, 2.75) is 131 Å². The zero-order valence-corrected chi connectivity index (χ0v) is 23.1. The van der Waals surface area contributed by atoms with Gasteiger partial charge in [0.1, 0.15) is 6.10 Å². The Balaban J connectivity index is 1.47. The summed E-state index contributed by atoms with van der Waals surface area (Å²) in [7, 11) is 0. The van der Waals surface area contributed by atoms with E-state index in [1.165, 1.54) is 0 Å². The van der Waals surface area contributed by atoms with Gasteiger partial charge in [0, 0.05) is 51.8 Å². The first-order valence-corrected chi connectivity index (χ1v) is 14.4. The van der Waals surface area contributed by atoms with Crippen LogP contribution in [-0.2, 0) is 23.7 Å². The topological polar surface area (TPSA) is 261 Å². The molecule has 0 aromatic heterocycles. The molecule has 0 aromatic rings. The van der Waals surface area contributed by atoms with Gasteiger partial charge in [-0.25, -0.2) is 0 Å². The average Bonchev–Trinajstić information content (AvgIpc) is 3.36. The zero-order chi connectivity index (χ0) is 29.6. The highest BCUT2D eigenvalue weighted by atomic mass is 16.8. The minimum atomic E-state index is -1.92. The number of hydrogen-bond donors (Lipinski definition) is 1. The molecular weight excluding hydrogens is 552 g/mol. The Morgan fingerprint density at radius 2 is 1.38 bits per heavy atom. The molecule has 0 aromatic carbocycles. The van der Waals surface area contributed by atoms with Crippen LogP contribution >= 0.6 is 0 Å². The SMILES string of the molecule is [N-]=[N+]=N/C(=C(\N=[N+]=[N-])[C@H]1CCOC2(CCCCC2)O1)[C@H](O)O[C@@H]1C(N=[N+]=[N-])CC(N=[N+]=[N-])C2OC3(CCCCC3)OC21. The van der Waals surface area contributed by atoms with Crippen molar-refractivity contribution >= 4 is 0 Å². The third-order valence-electron chi connectivity index (χ3n) is 8.72. The lowest BCUT2D eigenvalue weighted by atomic mass is 9.84. The number of rotatable bonds is 8. The van der Waals surface area contributed by atoms with E-state index in [1.807, 2.05) is 0 Å². The Hall–Kier alpha value is -3.26. The van der Waals surface area contributed by atoms with Crippen molar-refractivity contribution in [1.29, 1.82) is 0 Å². The summed E-state index contributed by atoms with van der Waals surface area (Å²) in [5.74, 6) is -1.77. The zero-order valence-electron chi connectivity index (χ0n) is 23.1. The fraction of sp³-hybridized carbons (Fsp3) is 0.917. The van der Waals surface area contributed by atoms with Crippen LogP contribution in [-0.4, -0.2) is 66.1 Å². The summed E-state index contributed by atoms with van der Waals surface area (Å²) in [6, 6.07) is -1.63. The molecule has 2 spiro atoms. The minimum Gasteiger partial charge on any atom is -0.364 e. The van der Waals surface area contributed by atoms with E-state index in [2.05, 4.69) is 40.1 Å². The van der Waals surface area contributed by atoms with Crippen LogP contribution in [0.4, 0.5) is 0 Å². The third-order valence-corrected chi connectivity index (χ3v) is 8.72. The number of nitrogens with zero attached hydrogens (tertiary/aromatic N) is 12. The summed E-state index contributed by atoms with van der Waals surface area (Å²) in [6.45, 7) is 0.314. The number of fused-ring (bicyclic) bond motifs is 1. The van der Waals surface area contributed by atoms with Crippen molar-refractivity contribution in [3.63, 3.8) is 0 Å². The number of hydrogen-bond acceptors (Lipinski definition) is 10. The summed E-state index contributed by atoms with van der Waals surface area (Å²) in [4.78, 5) is 11.6. The van der Waals surface area contributed by atoms with Crippen LogP contribution in [0.15, 0.2) is 31.9 Å². The fourth-order valence-electron chi connectivity index (χ4n) is 6.86. The quantitative estimate of drug-likeness (QED) is 0.150. The second-order valence-electron chi connectivity index (χ2n) is 11.2. The van der Waals surface area contributed by atoms with Gasteiger partial charge in [-0.05, 0) is 54.2 Å². The molecule has 5 rings (SSSR count). The second kappa shape index (κ2) is 13.4. The Kier molecular flexibility index (Phi) is 9.61. The smallest absolute Gasteiger partial charge is 0.184 e. The van der Waals surface area contributed by atoms with Crippen LogP contribution in [0.2, 0.25) is 0 Å². The monoisotopic (exact) mass is 586 g/mol. The number of aliphatic hydroxyl groups is 1. The Morgan fingerprint density at radius 3 is 2.02 bits per heavy atom. The second-order valence-corrected chi connectivity index (χ2v) is 11.2. The normalized spacial score (nSPS) is 34.4. The molecule has 18 nitrogen and oxygen atoms in total. The molecule has 0 bridgehead atoms. The number of ether oxygens (including phenoxy) is 5. The molecule has 18 heteroatoms. The molecule has 3 aliphatic carbocycles. The van der Waals surface area contributed by atoms with Gasteiger partial charge in [-0.2, -0.15) is 0 Å². The lowest BCUT2D eigenvalue weighted by molar-refractivity contribution is -0.298. The van der Waals surface area contributed by atoms with Crippen LogP contribution in [0.1, 0.15) is 77.0 Å². The molecule has 0 amide bonds. The van der Waals surface area contributed by atoms with Crippen LogP contribution in [0.25, 0.3) is 41.8 Å². The maximum atomic E-state index is 11.4. The van der Waals surface area contributed by atoms with E-state index in [9.17, 15) is 27.2 Å². The van der Waals surface area contributed by atoms with Gasteiger partial charge in [0.05, 0.1) is 48.4 Å². The fourth-order valence-corrected chi connectivity index (χ4v) is 6.86. The van der Waals surface area contributed by atoms with Crippen LogP contribution in [0.3, 0.4) is 0 Å². The van der Waals surface area contributed by atoms with E-state index in [-0.39, 0.29) is 24.2 Å². The van der Waals surface area contributed by atoms with Crippen molar-refractivity contribution in [1.82, 2.24) is 0 Å². The van der Waals surface area contributed by atoms with E-state index in [0.717, 1.165) is 38.5 Å².